The van der Waals surface area contributed by atoms with Crippen molar-refractivity contribution in [2.45, 2.75) is 6.61 Å². The molecule has 2 rings (SSSR count). The lowest BCUT2D eigenvalue weighted by Gasteiger charge is -2.07. The van der Waals surface area contributed by atoms with Gasteiger partial charge in [0.25, 0.3) is 0 Å². The molecule has 0 aliphatic carbocycles. The predicted molar refractivity (Wildman–Crippen MR) is 71.8 cm³/mol. The minimum absolute atomic E-state index is 0.179. The highest BCUT2D eigenvalue weighted by Gasteiger charge is 2.10. The summed E-state index contributed by atoms with van der Waals surface area (Å²) in [7, 11) is 0. The van der Waals surface area contributed by atoms with E-state index in [1.165, 1.54) is 18.2 Å². The third kappa shape index (κ3) is 3.54. The molecule has 3 nitrogen and oxygen atoms in total. The topological polar surface area (TPSA) is 46.5 Å². The number of carboxylic acid groups (broad SMARTS) is 1. The Morgan fingerprint density at radius 3 is 2.47 bits per heavy atom. The number of aromatic carboxylic acids is 1. The summed E-state index contributed by atoms with van der Waals surface area (Å²) in [6.45, 7) is 0.179. The molecule has 0 radical (unpaired) electrons. The summed E-state index contributed by atoms with van der Waals surface area (Å²) in [4.78, 5) is 10.7. The Balaban J connectivity index is 2.06. The molecule has 0 aliphatic rings. The van der Waals surface area contributed by atoms with E-state index in [1.807, 2.05) is 12.1 Å². The molecule has 0 saturated carbocycles. The van der Waals surface area contributed by atoms with E-state index in [4.69, 9.17) is 9.84 Å². The van der Waals surface area contributed by atoms with Crippen LogP contribution in [0.25, 0.3) is 0 Å². The summed E-state index contributed by atoms with van der Waals surface area (Å²) in [6, 6.07) is 11.2. The van der Waals surface area contributed by atoms with Crippen LogP contribution in [0.1, 0.15) is 15.9 Å². The van der Waals surface area contributed by atoms with Crippen molar-refractivity contribution in [3.63, 3.8) is 0 Å². The van der Waals surface area contributed by atoms with Crippen molar-refractivity contribution in [2.24, 2.45) is 0 Å². The molecule has 98 valence electrons. The molecule has 2 aromatic rings. The van der Waals surface area contributed by atoms with E-state index in [9.17, 15) is 9.18 Å². The molecule has 19 heavy (non-hydrogen) atoms. The second kappa shape index (κ2) is 5.84. The second-order valence-electron chi connectivity index (χ2n) is 3.86. The number of hydrogen-bond acceptors (Lipinski definition) is 2. The van der Waals surface area contributed by atoms with Crippen LogP contribution in [0, 0.1) is 5.82 Å². The van der Waals surface area contributed by atoms with Gasteiger partial charge in [-0.25, -0.2) is 9.18 Å². The van der Waals surface area contributed by atoms with Crippen LogP contribution in [-0.4, -0.2) is 11.1 Å². The lowest BCUT2D eigenvalue weighted by Crippen LogP contribution is -2.02. The zero-order valence-corrected chi connectivity index (χ0v) is 11.4. The molecule has 0 heterocycles. The fourth-order valence-electron chi connectivity index (χ4n) is 1.52. The average molecular weight is 325 g/mol. The van der Waals surface area contributed by atoms with Gasteiger partial charge in [0.15, 0.2) is 0 Å². The summed E-state index contributed by atoms with van der Waals surface area (Å²) < 4.78 is 19.8. The highest BCUT2D eigenvalue weighted by atomic mass is 79.9. The smallest absolute Gasteiger partial charge is 0.338 e. The zero-order chi connectivity index (χ0) is 13.8. The number of hydrogen-bond donors (Lipinski definition) is 1. The first kappa shape index (κ1) is 13.5. The van der Waals surface area contributed by atoms with Crippen LogP contribution in [0.5, 0.6) is 5.75 Å². The van der Waals surface area contributed by atoms with Gasteiger partial charge in [0.2, 0.25) is 0 Å². The maximum Gasteiger partial charge on any atom is 0.338 e. The van der Waals surface area contributed by atoms with Crippen LogP contribution in [0.2, 0.25) is 0 Å². The Hall–Kier alpha value is -1.88. The Kier molecular flexibility index (Phi) is 4.16. The molecule has 0 saturated heterocycles. The molecular formula is C14H10BrFO3. The van der Waals surface area contributed by atoms with E-state index in [0.29, 0.717) is 11.3 Å². The Labute approximate surface area is 117 Å². The monoisotopic (exact) mass is 324 g/mol. The fraction of sp³-hybridized carbons (Fsp3) is 0.0714. The van der Waals surface area contributed by atoms with Crippen LogP contribution >= 0.6 is 15.9 Å². The average Bonchev–Trinajstić information content (AvgIpc) is 2.37. The van der Waals surface area contributed by atoms with Crippen molar-refractivity contribution in [2.75, 3.05) is 0 Å². The summed E-state index contributed by atoms with van der Waals surface area (Å²) in [5.74, 6) is -1.38. The number of carboxylic acids is 1. The minimum atomic E-state index is -1.28. The molecule has 0 aliphatic heterocycles. The second-order valence-corrected chi connectivity index (χ2v) is 4.78. The molecule has 0 amide bonds. The lowest BCUT2D eigenvalue weighted by molar-refractivity contribution is 0.0692. The normalized spacial score (nSPS) is 10.2. The number of rotatable bonds is 4. The van der Waals surface area contributed by atoms with Crippen LogP contribution < -0.4 is 4.74 Å². The van der Waals surface area contributed by atoms with Gasteiger partial charge in [-0.2, -0.15) is 0 Å². The summed E-state index contributed by atoms with van der Waals surface area (Å²) in [5, 5.41) is 8.71. The van der Waals surface area contributed by atoms with Gasteiger partial charge in [0, 0.05) is 4.47 Å². The number of benzene rings is 2. The van der Waals surface area contributed by atoms with E-state index >= 15 is 0 Å². The van der Waals surface area contributed by atoms with Crippen molar-refractivity contribution >= 4 is 21.9 Å². The molecule has 0 atom stereocenters. The zero-order valence-electron chi connectivity index (χ0n) is 9.77. The number of ether oxygens (including phenoxy) is 1. The van der Waals surface area contributed by atoms with Gasteiger partial charge in [-0.1, -0.05) is 22.0 Å². The number of halogens is 2. The lowest BCUT2D eigenvalue weighted by atomic mass is 10.1. The Bertz CT molecular complexity index is 596. The van der Waals surface area contributed by atoms with E-state index < -0.39 is 11.8 Å². The van der Waals surface area contributed by atoms with Gasteiger partial charge in [-0.3, -0.25) is 0 Å². The predicted octanol–water partition coefficient (Wildman–Crippen LogP) is 3.87. The third-order valence-electron chi connectivity index (χ3n) is 2.48. The molecule has 0 aromatic heterocycles. The summed E-state index contributed by atoms with van der Waals surface area (Å²) in [6.07, 6.45) is 0. The Morgan fingerprint density at radius 2 is 1.89 bits per heavy atom. The SMILES string of the molecule is O=C(O)c1ccc(COc2ccc(Br)cc2)cc1F. The van der Waals surface area contributed by atoms with Crippen LogP contribution in [0.3, 0.4) is 0 Å². The number of carbonyl (C=O) groups is 1. The molecule has 2 aromatic carbocycles. The first-order valence-corrected chi connectivity index (χ1v) is 6.25. The minimum Gasteiger partial charge on any atom is -0.489 e. The Morgan fingerprint density at radius 1 is 1.21 bits per heavy atom. The molecule has 5 heteroatoms. The third-order valence-corrected chi connectivity index (χ3v) is 3.01. The van der Waals surface area contributed by atoms with Gasteiger partial charge >= 0.3 is 5.97 Å². The largest absolute Gasteiger partial charge is 0.489 e. The van der Waals surface area contributed by atoms with E-state index in [-0.39, 0.29) is 12.2 Å². The van der Waals surface area contributed by atoms with Crippen molar-refractivity contribution in [1.29, 1.82) is 0 Å². The molecule has 0 unspecified atom stereocenters. The molecular weight excluding hydrogens is 315 g/mol. The van der Waals surface area contributed by atoms with Crippen molar-refractivity contribution in [3.8, 4) is 5.75 Å². The molecule has 0 bridgehead atoms. The first-order valence-electron chi connectivity index (χ1n) is 5.46. The maximum absolute atomic E-state index is 13.4. The first-order chi connectivity index (χ1) is 9.06. The molecule has 0 fully saturated rings. The van der Waals surface area contributed by atoms with E-state index in [1.54, 1.807) is 12.1 Å². The van der Waals surface area contributed by atoms with Crippen LogP contribution in [0.4, 0.5) is 4.39 Å². The van der Waals surface area contributed by atoms with E-state index in [2.05, 4.69) is 15.9 Å². The summed E-state index contributed by atoms with van der Waals surface area (Å²) >= 11 is 3.31. The standard InChI is InChI=1S/C14H10BrFO3/c15-10-2-4-11(5-3-10)19-8-9-1-6-12(14(17)18)13(16)7-9/h1-7H,8H2,(H,17,18). The summed E-state index contributed by atoms with van der Waals surface area (Å²) in [5.41, 5.74) is 0.234. The highest BCUT2D eigenvalue weighted by Crippen LogP contribution is 2.18. The van der Waals surface area contributed by atoms with Gasteiger partial charge in [-0.05, 0) is 42.0 Å². The van der Waals surface area contributed by atoms with Gasteiger partial charge in [0.05, 0.1) is 5.56 Å². The van der Waals surface area contributed by atoms with E-state index in [0.717, 1.165) is 4.47 Å². The highest BCUT2D eigenvalue weighted by molar-refractivity contribution is 9.10. The quantitative estimate of drug-likeness (QED) is 0.928. The van der Waals surface area contributed by atoms with Gasteiger partial charge in [0.1, 0.15) is 18.2 Å². The molecule has 0 spiro atoms. The van der Waals surface area contributed by atoms with Crippen LogP contribution in [-0.2, 0) is 6.61 Å². The van der Waals surface area contributed by atoms with Crippen molar-refractivity contribution < 1.29 is 19.0 Å². The van der Waals surface area contributed by atoms with Gasteiger partial charge in [-0.15, -0.1) is 0 Å². The van der Waals surface area contributed by atoms with Crippen molar-refractivity contribution in [1.82, 2.24) is 0 Å². The van der Waals surface area contributed by atoms with Crippen LogP contribution in [0.15, 0.2) is 46.9 Å². The van der Waals surface area contributed by atoms with Crippen molar-refractivity contribution in [3.05, 3.63) is 63.9 Å². The molecule has 1 N–H and O–H groups in total. The fourth-order valence-corrected chi connectivity index (χ4v) is 1.78. The maximum atomic E-state index is 13.4. The van der Waals surface area contributed by atoms with Gasteiger partial charge < -0.3 is 9.84 Å².